The topological polar surface area (TPSA) is 264 Å². The number of ether oxygens (including phenoxy) is 1. The predicted octanol–water partition coefficient (Wildman–Crippen LogP) is 14.3. The molecule has 496 valence electrons. The Balaban J connectivity index is 0.000000128. The number of alkyl halides is 9. The van der Waals surface area contributed by atoms with Gasteiger partial charge < -0.3 is 24.7 Å². The molecule has 0 aliphatic carbocycles. The fourth-order valence-corrected chi connectivity index (χ4v) is 9.46. The number of hydrogen-bond acceptors (Lipinski definition) is 18. The van der Waals surface area contributed by atoms with Crippen LogP contribution in [0.15, 0.2) is 201 Å². The highest BCUT2D eigenvalue weighted by Crippen LogP contribution is 2.38. The van der Waals surface area contributed by atoms with Crippen molar-refractivity contribution in [2.75, 3.05) is 10.6 Å². The van der Waals surface area contributed by atoms with Crippen LogP contribution in [0.25, 0.3) is 62.5 Å². The number of hydrogen-bond donors (Lipinski definition) is 4. The van der Waals surface area contributed by atoms with Crippen molar-refractivity contribution in [3.63, 3.8) is 0 Å². The number of nitrogens with one attached hydrogen (secondary N) is 4. The fourth-order valence-electron chi connectivity index (χ4n) is 9.29. The van der Waals surface area contributed by atoms with Crippen molar-refractivity contribution in [1.82, 2.24) is 89.1 Å². The first-order valence-corrected chi connectivity index (χ1v) is 29.6. The summed E-state index contributed by atoms with van der Waals surface area (Å²) in [7, 11) is -0.331. The van der Waals surface area contributed by atoms with Gasteiger partial charge in [-0.3, -0.25) is 15.2 Å². The average molecular weight is 1360 g/mol. The molecule has 1 aliphatic rings. The number of rotatable bonds is 11. The van der Waals surface area contributed by atoms with E-state index in [1.807, 2.05) is 39.8 Å². The molecule has 0 spiro atoms. The van der Waals surface area contributed by atoms with Crippen molar-refractivity contribution in [3.8, 4) is 57.6 Å². The van der Waals surface area contributed by atoms with Crippen LogP contribution in [-0.2, 0) is 27.8 Å². The minimum atomic E-state index is -4.56. The molecule has 14 heterocycles. The number of para-hydroxylation sites is 1. The second-order valence-corrected chi connectivity index (χ2v) is 22.5. The Labute approximate surface area is 553 Å². The third-order valence-corrected chi connectivity index (χ3v) is 14.9. The number of H-pyrrole nitrogens is 2. The number of fused-ring (bicyclic) bond motifs is 3. The number of nitrogens with zero attached hydrogens (tertiary/aromatic N) is 16. The number of anilines is 4. The van der Waals surface area contributed by atoms with Gasteiger partial charge in [-0.15, -0.1) is 15.3 Å². The second-order valence-electron chi connectivity index (χ2n) is 22.1. The van der Waals surface area contributed by atoms with E-state index in [4.69, 9.17) is 25.6 Å². The van der Waals surface area contributed by atoms with E-state index in [1.54, 1.807) is 128 Å². The smallest absolute Gasteiger partial charge is 0.437 e. The molecule has 1 fully saturated rings. The zero-order valence-electron chi connectivity index (χ0n) is 51.3. The van der Waals surface area contributed by atoms with Gasteiger partial charge in [-0.2, -0.15) is 54.7 Å². The van der Waals surface area contributed by atoms with Gasteiger partial charge >= 0.3 is 25.6 Å². The van der Waals surface area contributed by atoms with E-state index < -0.39 is 35.6 Å². The molecule has 1 aliphatic heterocycles. The summed E-state index contributed by atoms with van der Waals surface area (Å²) in [5.41, 5.74) is 1.90. The van der Waals surface area contributed by atoms with Crippen molar-refractivity contribution in [1.29, 1.82) is 0 Å². The summed E-state index contributed by atoms with van der Waals surface area (Å²) in [4.78, 5) is 32.3. The largest absolute Gasteiger partial charge is 0.513 e. The number of halogens is 10. The molecule has 0 unspecified atom stereocenters. The first-order valence-electron chi connectivity index (χ1n) is 29.2. The van der Waals surface area contributed by atoms with E-state index in [0.717, 1.165) is 29.5 Å². The molecule has 0 atom stereocenters. The van der Waals surface area contributed by atoms with Gasteiger partial charge in [-0.05, 0) is 149 Å². The van der Waals surface area contributed by atoms with E-state index in [9.17, 15) is 39.5 Å². The summed E-state index contributed by atoms with van der Waals surface area (Å²) in [5.74, 6) is 1.73. The minimum absolute atomic E-state index is 0.00772. The van der Waals surface area contributed by atoms with Crippen LogP contribution in [0.4, 0.5) is 62.5 Å². The molecule has 23 nitrogen and oxygen atoms in total. The van der Waals surface area contributed by atoms with Gasteiger partial charge in [-0.1, -0.05) is 48.0 Å². The van der Waals surface area contributed by atoms with Crippen LogP contribution in [0.5, 0.6) is 11.6 Å². The Bertz CT molecular complexity index is 5060. The van der Waals surface area contributed by atoms with E-state index in [2.05, 4.69) is 86.2 Å². The highest BCUT2D eigenvalue weighted by atomic mass is 35.5. The lowest BCUT2D eigenvalue weighted by molar-refractivity contribution is -0.141. The standard InChI is InChI=1S/C20H13F3N8.C18H11F3N4O.C17H10ClF3N6.C9H15BN2O2/c21-20(22,23)17-5-1-3-14(27-17)18-28-19(16-4-2-10-31(16)30-18)26-12-6-8-24-15(11-12)13-7-9-25-29-13;19-18(20,21)15-10-4-8-13(22-15)16-23-17(14-9-5-11-25(14)24-16)26-12-6-2-1-3-7-12;18-14-9-10(6-7-22-14)23-16-12-4-2-8-27(12)26-15(25-16)11-3-1-5-13(24-11)17(19,20)21;1-8(2)9(3,4)14-10(13-8)7-5-6-11-12-7/h1-11H,(H,25,29)(H,24,26,28,30);1-11H;1-9H,(H,22,23,25,26);5-6H,1-4H3,(H,11,12). The number of aromatic amines is 2. The van der Waals surface area contributed by atoms with Crippen LogP contribution in [0.2, 0.25) is 5.15 Å². The number of pyridine rings is 5. The maximum atomic E-state index is 13.1. The molecule has 1 aromatic carbocycles. The molecular weight excluding hydrogens is 1310 g/mol. The molecule has 0 bridgehead atoms. The van der Waals surface area contributed by atoms with E-state index in [0.29, 0.717) is 56.2 Å². The first-order chi connectivity index (χ1) is 46.8. The third kappa shape index (κ3) is 15.3. The van der Waals surface area contributed by atoms with Gasteiger partial charge in [0.05, 0.1) is 28.2 Å². The molecule has 15 rings (SSSR count). The summed E-state index contributed by atoms with van der Waals surface area (Å²) < 4.78 is 139. The Morgan fingerprint density at radius 1 is 0.459 bits per heavy atom. The lowest BCUT2D eigenvalue weighted by atomic mass is 9.85. The summed E-state index contributed by atoms with van der Waals surface area (Å²) >= 11 is 5.89. The molecule has 4 N–H and O–H groups in total. The number of aromatic nitrogens is 18. The summed E-state index contributed by atoms with van der Waals surface area (Å²) in [6.07, 6.45) is -2.18. The van der Waals surface area contributed by atoms with E-state index >= 15 is 0 Å². The highest BCUT2D eigenvalue weighted by Gasteiger charge is 2.52. The van der Waals surface area contributed by atoms with Gasteiger partial charge in [-0.25, -0.2) is 43.5 Å². The van der Waals surface area contributed by atoms with Crippen LogP contribution < -0.4 is 21.0 Å². The lowest BCUT2D eigenvalue weighted by Gasteiger charge is -2.32. The van der Waals surface area contributed by atoms with Gasteiger partial charge in [0.1, 0.15) is 61.6 Å². The monoisotopic (exact) mass is 1360 g/mol. The summed E-state index contributed by atoms with van der Waals surface area (Å²) in [6, 6.07) is 40.8. The van der Waals surface area contributed by atoms with Crippen molar-refractivity contribution >= 4 is 63.9 Å². The molecule has 0 radical (unpaired) electrons. The maximum Gasteiger partial charge on any atom is 0.513 e. The zero-order chi connectivity index (χ0) is 69.0. The minimum Gasteiger partial charge on any atom is -0.437 e. The molecule has 14 aromatic rings. The molecule has 98 heavy (non-hydrogen) atoms. The van der Waals surface area contributed by atoms with Crippen molar-refractivity contribution in [2.45, 2.75) is 57.4 Å². The second kappa shape index (κ2) is 27.2. The van der Waals surface area contributed by atoms with Crippen LogP contribution in [0, 0.1) is 0 Å². The van der Waals surface area contributed by atoms with Crippen LogP contribution in [0.1, 0.15) is 44.8 Å². The van der Waals surface area contributed by atoms with Crippen LogP contribution in [0.3, 0.4) is 0 Å². The van der Waals surface area contributed by atoms with Crippen molar-refractivity contribution < 1.29 is 53.6 Å². The van der Waals surface area contributed by atoms with E-state index in [-0.39, 0.29) is 58.8 Å². The Morgan fingerprint density at radius 3 is 1.39 bits per heavy atom. The SMILES string of the molecule is CC1(C)OB(c2ccn[nH]2)OC1(C)C.FC(F)(F)c1cccc(-c2nc(Nc3ccnc(-c4ccn[nH]4)c3)c3cccn3n2)n1.FC(F)(F)c1cccc(-c2nc(Nc3ccnc(Cl)c3)c3cccn3n2)n1.FC(F)(F)c1cccc(-c2nc(Oc3ccccc3)c3cccn3n2)n1. The van der Waals surface area contributed by atoms with Crippen LogP contribution >= 0.6 is 11.6 Å². The van der Waals surface area contributed by atoms with E-state index in [1.165, 1.54) is 56.1 Å². The fraction of sp³-hybridized carbons (Fsp3) is 0.141. The maximum absolute atomic E-state index is 13.1. The zero-order valence-corrected chi connectivity index (χ0v) is 52.0. The van der Waals surface area contributed by atoms with Crippen molar-refractivity contribution in [3.05, 3.63) is 223 Å². The summed E-state index contributed by atoms with van der Waals surface area (Å²) in [6.45, 7) is 8.12. The van der Waals surface area contributed by atoms with Gasteiger partial charge in [0.25, 0.3) is 0 Å². The predicted molar refractivity (Wildman–Crippen MR) is 342 cm³/mol. The molecule has 0 saturated carbocycles. The van der Waals surface area contributed by atoms with Gasteiger partial charge in [0.2, 0.25) is 23.4 Å². The quantitative estimate of drug-likeness (QED) is 0.0533. The average Bonchev–Trinajstić information content (AvgIpc) is 1.66. The molecular formula is C64H49BClF9N20O3. The Morgan fingerprint density at radius 2 is 0.918 bits per heavy atom. The lowest BCUT2D eigenvalue weighted by Crippen LogP contribution is -2.41. The normalized spacial score (nSPS) is 13.5. The molecule has 13 aromatic heterocycles. The Kier molecular flexibility index (Phi) is 18.4. The van der Waals surface area contributed by atoms with Gasteiger partial charge in [0, 0.05) is 54.8 Å². The Hall–Kier alpha value is -11.7. The number of benzene rings is 1. The first kappa shape index (κ1) is 66.3. The molecule has 1 saturated heterocycles. The van der Waals surface area contributed by atoms with Gasteiger partial charge in [0.15, 0.2) is 11.6 Å². The summed E-state index contributed by atoms with van der Waals surface area (Å²) in [5, 5.41) is 32.8. The van der Waals surface area contributed by atoms with Crippen molar-refractivity contribution in [2.24, 2.45) is 0 Å². The van der Waals surface area contributed by atoms with Crippen LogP contribution in [-0.4, -0.2) is 107 Å². The highest BCUT2D eigenvalue weighted by molar-refractivity contribution is 6.61. The molecule has 0 amide bonds. The third-order valence-electron chi connectivity index (χ3n) is 14.7. The molecule has 34 heteroatoms.